The van der Waals surface area contributed by atoms with Crippen LogP contribution in [0.5, 0.6) is 5.75 Å². The zero-order chi connectivity index (χ0) is 13.1. The van der Waals surface area contributed by atoms with E-state index in [-0.39, 0.29) is 0 Å². The summed E-state index contributed by atoms with van der Waals surface area (Å²) in [7, 11) is 5.33. The van der Waals surface area contributed by atoms with Crippen LogP contribution in [0.2, 0.25) is 19.6 Å². The minimum Gasteiger partial charge on any atom is -0.497 e. The van der Waals surface area contributed by atoms with Crippen molar-refractivity contribution >= 4 is 8.07 Å². The zero-order valence-electron chi connectivity index (χ0n) is 12.1. The van der Waals surface area contributed by atoms with Crippen molar-refractivity contribution in [2.75, 3.05) is 27.4 Å². The molecule has 0 unspecified atom stereocenters. The molecule has 0 atom stereocenters. The highest BCUT2D eigenvalue weighted by atomic mass is 28.3. The summed E-state index contributed by atoms with van der Waals surface area (Å²) < 4.78 is 6.33. The number of methoxy groups -OCH3 is 1. The van der Waals surface area contributed by atoms with Gasteiger partial charge in [0.25, 0.3) is 0 Å². The van der Waals surface area contributed by atoms with Gasteiger partial charge in [0, 0.05) is 5.56 Å². The Morgan fingerprint density at radius 1 is 1.18 bits per heavy atom. The van der Waals surface area contributed by atoms with Gasteiger partial charge in [0.2, 0.25) is 0 Å². The van der Waals surface area contributed by atoms with Crippen LogP contribution in [0.1, 0.15) is 5.56 Å². The minimum atomic E-state index is -1.03. The quantitative estimate of drug-likeness (QED) is 0.578. The van der Waals surface area contributed by atoms with E-state index in [1.165, 1.54) is 11.7 Å². The standard InChI is InChI=1S/C14H26NOSi/c1-15(2,12-17(4,5)6)11-13-8-7-9-14(10-13)16-3/h7-10H,11-12H2,1-6H3/q+1. The molecule has 0 fully saturated rings. The van der Waals surface area contributed by atoms with Crippen LogP contribution in [-0.2, 0) is 6.54 Å². The smallest absolute Gasteiger partial charge is 0.119 e. The SMILES string of the molecule is COc1cccc(C[N+](C)(C)C[Si](C)(C)C)c1. The van der Waals surface area contributed by atoms with Gasteiger partial charge in [-0.25, -0.2) is 0 Å². The van der Waals surface area contributed by atoms with E-state index >= 15 is 0 Å². The molecule has 0 aliphatic heterocycles. The first-order chi connectivity index (χ1) is 7.72. The molecular weight excluding hydrogens is 226 g/mol. The third-order valence-corrected chi connectivity index (χ3v) is 4.45. The fraction of sp³-hybridized carbons (Fsp3) is 0.571. The molecular formula is C14H26NOSi+. The third kappa shape index (κ3) is 5.37. The topological polar surface area (TPSA) is 9.23 Å². The molecule has 2 nitrogen and oxygen atoms in total. The van der Waals surface area contributed by atoms with Crippen molar-refractivity contribution < 1.29 is 9.22 Å². The second-order valence-corrected chi connectivity index (χ2v) is 12.1. The first-order valence-electron chi connectivity index (χ1n) is 6.17. The molecule has 17 heavy (non-hydrogen) atoms. The van der Waals surface area contributed by atoms with Crippen molar-refractivity contribution in [2.45, 2.75) is 26.2 Å². The first-order valence-corrected chi connectivity index (χ1v) is 9.87. The predicted molar refractivity (Wildman–Crippen MR) is 77.0 cm³/mol. The highest BCUT2D eigenvalue weighted by molar-refractivity contribution is 6.75. The van der Waals surface area contributed by atoms with Crippen LogP contribution in [0.4, 0.5) is 0 Å². The molecule has 0 saturated carbocycles. The van der Waals surface area contributed by atoms with E-state index in [4.69, 9.17) is 4.74 Å². The van der Waals surface area contributed by atoms with Crippen molar-refractivity contribution in [2.24, 2.45) is 0 Å². The Bertz CT molecular complexity index is 369. The van der Waals surface area contributed by atoms with E-state index in [2.05, 4.69) is 51.9 Å². The Balaban J connectivity index is 2.75. The molecule has 0 aliphatic carbocycles. The normalized spacial score (nSPS) is 12.6. The van der Waals surface area contributed by atoms with Crippen molar-refractivity contribution in [3.63, 3.8) is 0 Å². The average molecular weight is 252 g/mol. The lowest BCUT2D eigenvalue weighted by Gasteiger charge is -2.35. The molecule has 0 radical (unpaired) electrons. The number of ether oxygens (including phenoxy) is 1. The van der Waals surface area contributed by atoms with E-state index in [0.29, 0.717) is 0 Å². The van der Waals surface area contributed by atoms with Crippen molar-refractivity contribution in [1.29, 1.82) is 0 Å². The van der Waals surface area contributed by atoms with E-state index in [0.717, 1.165) is 16.8 Å². The molecule has 0 bridgehead atoms. The third-order valence-electron chi connectivity index (χ3n) is 2.65. The summed E-state index contributed by atoms with van der Waals surface area (Å²) in [5.74, 6) is 0.954. The van der Waals surface area contributed by atoms with Crippen LogP contribution in [0.25, 0.3) is 0 Å². The van der Waals surface area contributed by atoms with Gasteiger partial charge in [0.15, 0.2) is 0 Å². The number of quaternary nitrogens is 1. The van der Waals surface area contributed by atoms with Gasteiger partial charge in [-0.1, -0.05) is 31.8 Å². The number of nitrogens with zero attached hydrogens (tertiary/aromatic N) is 1. The maximum atomic E-state index is 5.27. The molecule has 0 amide bonds. The van der Waals surface area contributed by atoms with E-state index in [9.17, 15) is 0 Å². The Morgan fingerprint density at radius 2 is 1.82 bits per heavy atom. The first kappa shape index (κ1) is 14.3. The van der Waals surface area contributed by atoms with Crippen molar-refractivity contribution in [1.82, 2.24) is 0 Å². The summed E-state index contributed by atoms with van der Waals surface area (Å²) in [5, 5.41) is 0. The zero-order valence-corrected chi connectivity index (χ0v) is 13.1. The van der Waals surface area contributed by atoms with Crippen LogP contribution >= 0.6 is 0 Å². The van der Waals surface area contributed by atoms with Gasteiger partial charge in [0.05, 0.1) is 27.4 Å². The highest BCUT2D eigenvalue weighted by Gasteiger charge is 2.26. The molecule has 0 N–H and O–H groups in total. The number of hydrogen-bond acceptors (Lipinski definition) is 1. The molecule has 0 heterocycles. The fourth-order valence-corrected chi connectivity index (χ4v) is 5.29. The van der Waals surface area contributed by atoms with Gasteiger partial charge in [0.1, 0.15) is 20.4 Å². The van der Waals surface area contributed by atoms with E-state index < -0.39 is 8.07 Å². The van der Waals surface area contributed by atoms with Crippen LogP contribution in [-0.4, -0.2) is 39.9 Å². The van der Waals surface area contributed by atoms with Gasteiger partial charge < -0.3 is 9.22 Å². The van der Waals surface area contributed by atoms with E-state index in [1.54, 1.807) is 7.11 Å². The van der Waals surface area contributed by atoms with Gasteiger partial charge in [-0.2, -0.15) is 0 Å². The maximum Gasteiger partial charge on any atom is 0.119 e. The number of rotatable bonds is 5. The largest absolute Gasteiger partial charge is 0.497 e. The molecule has 0 spiro atoms. The monoisotopic (exact) mass is 252 g/mol. The van der Waals surface area contributed by atoms with E-state index in [1.807, 2.05) is 6.07 Å². The summed E-state index contributed by atoms with van der Waals surface area (Å²) in [6, 6.07) is 8.40. The summed E-state index contributed by atoms with van der Waals surface area (Å²) >= 11 is 0. The second-order valence-electron chi connectivity index (χ2n) is 6.66. The Morgan fingerprint density at radius 3 is 2.35 bits per heavy atom. The maximum absolute atomic E-state index is 5.27. The molecule has 1 aromatic carbocycles. The Kier molecular flexibility index (Phi) is 4.39. The minimum absolute atomic E-state index is 0.954. The summed E-state index contributed by atoms with van der Waals surface area (Å²) in [6.45, 7) is 8.36. The van der Waals surface area contributed by atoms with Gasteiger partial charge in [-0.05, 0) is 12.1 Å². The summed E-state index contributed by atoms with van der Waals surface area (Å²) in [4.78, 5) is 0. The van der Waals surface area contributed by atoms with Gasteiger partial charge in [-0.3, -0.25) is 0 Å². The molecule has 0 aromatic heterocycles. The number of hydrogen-bond donors (Lipinski definition) is 0. The Hall–Kier alpha value is -0.803. The van der Waals surface area contributed by atoms with Crippen molar-refractivity contribution in [3.8, 4) is 5.75 Å². The van der Waals surface area contributed by atoms with Crippen LogP contribution in [0, 0.1) is 0 Å². The van der Waals surface area contributed by atoms with Crippen molar-refractivity contribution in [3.05, 3.63) is 29.8 Å². The molecule has 0 saturated heterocycles. The molecule has 0 aliphatic rings. The average Bonchev–Trinajstić information content (AvgIpc) is 2.13. The lowest BCUT2D eigenvalue weighted by Crippen LogP contribution is -2.49. The lowest BCUT2D eigenvalue weighted by molar-refractivity contribution is -0.894. The van der Waals surface area contributed by atoms with Crippen LogP contribution in [0.3, 0.4) is 0 Å². The molecule has 1 aromatic rings. The Labute approximate surface area is 107 Å². The molecule has 3 heteroatoms. The summed E-state index contributed by atoms with van der Waals surface area (Å²) in [5.41, 5.74) is 1.35. The highest BCUT2D eigenvalue weighted by Crippen LogP contribution is 2.18. The summed E-state index contributed by atoms with van der Waals surface area (Å²) in [6.07, 6.45) is 1.30. The van der Waals surface area contributed by atoms with Gasteiger partial charge in [-0.15, -0.1) is 0 Å². The molecule has 1 rings (SSSR count). The predicted octanol–water partition coefficient (Wildman–Crippen LogP) is 3.15. The fourth-order valence-electron chi connectivity index (χ4n) is 2.61. The van der Waals surface area contributed by atoms with Crippen LogP contribution < -0.4 is 4.74 Å². The lowest BCUT2D eigenvalue weighted by atomic mass is 10.2. The second kappa shape index (κ2) is 5.23. The van der Waals surface area contributed by atoms with Gasteiger partial charge >= 0.3 is 0 Å². The van der Waals surface area contributed by atoms with Crippen LogP contribution in [0.15, 0.2) is 24.3 Å². The molecule has 96 valence electrons. The number of benzene rings is 1.